The van der Waals surface area contributed by atoms with Gasteiger partial charge in [-0.15, -0.1) is 0 Å². The van der Waals surface area contributed by atoms with Crippen molar-refractivity contribution < 1.29 is 19.1 Å². The molecule has 1 aromatic heterocycles. The average molecular weight is 407 g/mol. The number of anilines is 1. The van der Waals surface area contributed by atoms with Crippen molar-refractivity contribution in [2.45, 2.75) is 18.9 Å². The van der Waals surface area contributed by atoms with Crippen LogP contribution in [0.25, 0.3) is 0 Å². The van der Waals surface area contributed by atoms with Gasteiger partial charge in [-0.3, -0.25) is 0 Å². The van der Waals surface area contributed by atoms with Crippen LogP contribution in [0.5, 0.6) is 23.1 Å². The molecule has 156 valence electrons. The Bertz CT molecular complexity index is 1070. The quantitative estimate of drug-likeness (QED) is 0.478. The molecule has 2 aromatic carbocycles. The number of hydrogen-bond donors (Lipinski definition) is 2. The molecular formula is C23H27N4O3+. The summed E-state index contributed by atoms with van der Waals surface area (Å²) in [4.78, 5) is 6.71. The van der Waals surface area contributed by atoms with Crippen LogP contribution in [-0.2, 0) is 6.54 Å². The zero-order valence-electron chi connectivity index (χ0n) is 17.5. The zero-order valence-corrected chi connectivity index (χ0v) is 17.5. The smallest absolute Gasteiger partial charge is 0.306 e. The highest BCUT2D eigenvalue weighted by atomic mass is 16.5. The Balaban J connectivity index is 1.86. The molecule has 1 aliphatic heterocycles. The van der Waals surface area contributed by atoms with Crippen LogP contribution in [0.2, 0.25) is 0 Å². The van der Waals surface area contributed by atoms with E-state index in [1.165, 1.54) is 0 Å². The van der Waals surface area contributed by atoms with E-state index >= 15 is 0 Å². The second kappa shape index (κ2) is 8.20. The number of aromatic hydroxyl groups is 1. The van der Waals surface area contributed by atoms with E-state index in [1.807, 2.05) is 34.9 Å². The molecule has 0 spiro atoms. The lowest BCUT2D eigenvalue weighted by molar-refractivity contribution is -0.686. The fraction of sp³-hybridized carbons (Fsp3) is 0.304. The Morgan fingerprint density at radius 3 is 2.77 bits per heavy atom. The van der Waals surface area contributed by atoms with Gasteiger partial charge in [0.05, 0.1) is 19.6 Å². The van der Waals surface area contributed by atoms with Gasteiger partial charge in [-0.25, -0.2) is 4.57 Å². The largest absolute Gasteiger partial charge is 0.508 e. The minimum absolute atomic E-state index is 0.138. The van der Waals surface area contributed by atoms with E-state index in [0.29, 0.717) is 17.4 Å². The van der Waals surface area contributed by atoms with E-state index in [0.717, 1.165) is 42.0 Å². The summed E-state index contributed by atoms with van der Waals surface area (Å²) in [5.74, 6) is 2.30. The van der Waals surface area contributed by atoms with E-state index in [9.17, 15) is 5.11 Å². The number of methoxy groups -OCH3 is 1. The molecule has 7 nitrogen and oxygen atoms in total. The number of phenolic OH excluding ortho intramolecular Hbond substituents is 1. The Kier molecular flexibility index (Phi) is 5.46. The number of nitrogens with two attached hydrogens (primary N) is 1. The van der Waals surface area contributed by atoms with Gasteiger partial charge in [0.15, 0.2) is 0 Å². The molecule has 0 saturated carbocycles. The van der Waals surface area contributed by atoms with E-state index in [4.69, 9.17) is 15.2 Å². The van der Waals surface area contributed by atoms with E-state index in [2.05, 4.69) is 24.0 Å². The maximum atomic E-state index is 9.98. The number of para-hydroxylation sites is 1. The van der Waals surface area contributed by atoms with Crippen LogP contribution in [0.4, 0.5) is 5.82 Å². The Labute approximate surface area is 176 Å². The van der Waals surface area contributed by atoms with Crippen LogP contribution in [0, 0.1) is 0 Å². The number of aromatic nitrogens is 2. The third kappa shape index (κ3) is 3.64. The summed E-state index contributed by atoms with van der Waals surface area (Å²) in [5, 5.41) is 9.98. The van der Waals surface area contributed by atoms with Crippen molar-refractivity contribution in [2.24, 2.45) is 0 Å². The SMILES string of the molecule is COc1ccccc1[C@H]1c2ccc(O)cc2Oc2nc[n+](CCCN(C)C)c(N)c21. The number of ether oxygens (including phenoxy) is 2. The minimum atomic E-state index is -0.228. The molecule has 0 bridgehead atoms. The molecule has 3 aromatic rings. The number of hydrogen-bond acceptors (Lipinski definition) is 6. The molecular weight excluding hydrogens is 380 g/mol. The van der Waals surface area contributed by atoms with Crippen LogP contribution in [0.1, 0.15) is 29.0 Å². The van der Waals surface area contributed by atoms with E-state index in [-0.39, 0.29) is 11.7 Å². The lowest BCUT2D eigenvalue weighted by Crippen LogP contribution is -2.40. The maximum absolute atomic E-state index is 9.98. The van der Waals surface area contributed by atoms with Gasteiger partial charge in [0.25, 0.3) is 0 Å². The Morgan fingerprint density at radius 1 is 1.20 bits per heavy atom. The van der Waals surface area contributed by atoms with Gasteiger partial charge in [0.2, 0.25) is 12.1 Å². The van der Waals surface area contributed by atoms with Crippen LogP contribution in [0.3, 0.4) is 0 Å². The number of phenols is 1. The topological polar surface area (TPSA) is 84.7 Å². The third-order valence-electron chi connectivity index (χ3n) is 5.39. The molecule has 30 heavy (non-hydrogen) atoms. The molecule has 1 atom stereocenters. The second-order valence-electron chi connectivity index (χ2n) is 7.70. The normalized spacial score (nSPS) is 14.7. The summed E-state index contributed by atoms with van der Waals surface area (Å²) in [6.07, 6.45) is 2.67. The molecule has 0 fully saturated rings. The van der Waals surface area contributed by atoms with Gasteiger partial charge < -0.3 is 25.2 Å². The van der Waals surface area contributed by atoms with Crippen molar-refractivity contribution in [3.05, 3.63) is 65.5 Å². The highest BCUT2D eigenvalue weighted by Crippen LogP contribution is 2.50. The van der Waals surface area contributed by atoms with Crippen LogP contribution < -0.4 is 19.8 Å². The average Bonchev–Trinajstić information content (AvgIpc) is 2.73. The Morgan fingerprint density at radius 2 is 2.00 bits per heavy atom. The number of rotatable bonds is 6. The standard InChI is InChI=1S/C23H26N4O3/c1-26(2)11-6-12-27-14-25-23-21(22(27)24)20(16-7-4-5-8-18(16)29-3)17-10-9-15(28)13-19(17)30-23/h4-5,7-10,13-14,20,24,28H,6,11-12H2,1-3H3/p+1/t20-/m0/s1. The molecule has 3 N–H and O–H groups in total. The monoisotopic (exact) mass is 407 g/mol. The highest BCUT2D eigenvalue weighted by Gasteiger charge is 2.37. The molecule has 0 saturated heterocycles. The molecule has 0 unspecified atom stereocenters. The van der Waals surface area contributed by atoms with Crippen LogP contribution >= 0.6 is 0 Å². The van der Waals surface area contributed by atoms with Crippen LogP contribution in [0.15, 0.2) is 48.8 Å². The molecule has 1 aliphatic rings. The summed E-state index contributed by atoms with van der Waals surface area (Å²) in [7, 11) is 5.76. The highest BCUT2D eigenvalue weighted by molar-refractivity contribution is 5.63. The predicted molar refractivity (Wildman–Crippen MR) is 114 cm³/mol. The fourth-order valence-electron chi connectivity index (χ4n) is 3.94. The van der Waals surface area contributed by atoms with Crippen molar-refractivity contribution in [3.63, 3.8) is 0 Å². The number of benzene rings is 2. The number of aryl methyl sites for hydroxylation is 1. The lowest BCUT2D eigenvalue weighted by atomic mass is 9.83. The molecule has 0 radical (unpaired) electrons. The van der Waals surface area contributed by atoms with Crippen molar-refractivity contribution in [1.29, 1.82) is 0 Å². The van der Waals surface area contributed by atoms with Gasteiger partial charge in [0, 0.05) is 23.7 Å². The van der Waals surface area contributed by atoms with Crippen molar-refractivity contribution >= 4 is 5.82 Å². The third-order valence-corrected chi connectivity index (χ3v) is 5.39. The maximum Gasteiger partial charge on any atom is 0.306 e. The first kappa shape index (κ1) is 20.0. The molecule has 0 amide bonds. The van der Waals surface area contributed by atoms with Crippen molar-refractivity contribution in [2.75, 3.05) is 33.5 Å². The first-order valence-corrected chi connectivity index (χ1v) is 9.95. The van der Waals surface area contributed by atoms with Crippen molar-refractivity contribution in [3.8, 4) is 23.1 Å². The summed E-state index contributed by atoms with van der Waals surface area (Å²) in [6, 6.07) is 13.0. The molecule has 2 heterocycles. The van der Waals surface area contributed by atoms with Gasteiger partial charge in [0.1, 0.15) is 22.8 Å². The summed E-state index contributed by atoms with van der Waals surface area (Å²) in [6.45, 7) is 1.71. The van der Waals surface area contributed by atoms with Gasteiger partial charge in [-0.2, -0.15) is 0 Å². The van der Waals surface area contributed by atoms with Gasteiger partial charge in [-0.05, 0) is 32.6 Å². The first-order chi connectivity index (χ1) is 14.5. The summed E-state index contributed by atoms with van der Waals surface area (Å²) in [5.41, 5.74) is 9.35. The Hall–Kier alpha value is -3.32. The number of nitrogens with zero attached hydrogens (tertiary/aromatic N) is 3. The van der Waals surface area contributed by atoms with Gasteiger partial charge >= 0.3 is 5.88 Å². The molecule has 7 heteroatoms. The summed E-state index contributed by atoms with van der Waals surface area (Å²) >= 11 is 0. The second-order valence-corrected chi connectivity index (χ2v) is 7.70. The summed E-state index contributed by atoms with van der Waals surface area (Å²) < 4.78 is 13.7. The van der Waals surface area contributed by atoms with E-state index in [1.54, 1.807) is 25.6 Å². The fourth-order valence-corrected chi connectivity index (χ4v) is 3.94. The molecule has 0 aliphatic carbocycles. The minimum Gasteiger partial charge on any atom is -0.508 e. The first-order valence-electron chi connectivity index (χ1n) is 9.95. The lowest BCUT2D eigenvalue weighted by Gasteiger charge is -2.28. The zero-order chi connectivity index (χ0) is 21.3. The molecule has 4 rings (SSSR count). The predicted octanol–water partition coefficient (Wildman–Crippen LogP) is 2.90. The number of fused-ring (bicyclic) bond motifs is 2. The van der Waals surface area contributed by atoms with Crippen molar-refractivity contribution in [1.82, 2.24) is 9.88 Å². The van der Waals surface area contributed by atoms with E-state index < -0.39 is 0 Å². The van der Waals surface area contributed by atoms with Crippen LogP contribution in [-0.4, -0.2) is 42.7 Å². The number of nitrogen functional groups attached to an aromatic ring is 1. The van der Waals surface area contributed by atoms with Gasteiger partial charge in [-0.1, -0.05) is 29.2 Å².